The van der Waals surface area contributed by atoms with Crippen molar-refractivity contribution in [3.8, 4) is 0 Å². The van der Waals surface area contributed by atoms with E-state index in [2.05, 4.69) is 34.5 Å². The van der Waals surface area contributed by atoms with Gasteiger partial charge in [-0.2, -0.15) is 0 Å². The van der Waals surface area contributed by atoms with Crippen molar-refractivity contribution in [3.05, 3.63) is 0 Å². The zero-order valence-corrected chi connectivity index (χ0v) is 19.1. The number of esters is 1. The van der Waals surface area contributed by atoms with Crippen molar-refractivity contribution in [2.75, 3.05) is 20.2 Å². The third kappa shape index (κ3) is 23.4. The SMILES string of the molecule is CC.CCC.COC(=O)[C@H](CCCNC(N)=O)NC(=O)CNC(=O)OC(C)(C)C. The summed E-state index contributed by atoms with van der Waals surface area (Å²) < 4.78 is 9.59. The second kappa shape index (κ2) is 18.8. The van der Waals surface area contributed by atoms with E-state index in [1.54, 1.807) is 20.8 Å². The van der Waals surface area contributed by atoms with Gasteiger partial charge in [0.05, 0.1) is 7.11 Å². The second-order valence-electron chi connectivity index (χ2n) is 6.64. The highest BCUT2D eigenvalue weighted by Crippen LogP contribution is 2.06. The first-order valence-corrected chi connectivity index (χ1v) is 9.84. The molecular weight excluding hydrogens is 380 g/mol. The van der Waals surface area contributed by atoms with Crippen LogP contribution in [0.5, 0.6) is 0 Å². The Morgan fingerprint density at radius 2 is 1.55 bits per heavy atom. The van der Waals surface area contributed by atoms with E-state index < -0.39 is 35.6 Å². The highest BCUT2D eigenvalue weighted by molar-refractivity contribution is 5.87. The molecule has 0 radical (unpaired) electrons. The van der Waals surface area contributed by atoms with Crippen LogP contribution in [0.4, 0.5) is 9.59 Å². The average Bonchev–Trinajstić information content (AvgIpc) is 2.62. The van der Waals surface area contributed by atoms with Crippen LogP contribution in [-0.4, -0.2) is 55.8 Å². The van der Waals surface area contributed by atoms with Gasteiger partial charge in [0.15, 0.2) is 0 Å². The van der Waals surface area contributed by atoms with Gasteiger partial charge in [0, 0.05) is 6.54 Å². The number of methoxy groups -OCH3 is 1. The molecule has 5 N–H and O–H groups in total. The lowest BCUT2D eigenvalue weighted by Crippen LogP contribution is -2.47. The minimum Gasteiger partial charge on any atom is -0.467 e. The molecule has 0 aromatic heterocycles. The third-order valence-electron chi connectivity index (χ3n) is 2.58. The summed E-state index contributed by atoms with van der Waals surface area (Å²) in [6, 6.07) is -1.56. The summed E-state index contributed by atoms with van der Waals surface area (Å²) in [5.41, 5.74) is 4.25. The number of amides is 4. The van der Waals surface area contributed by atoms with Gasteiger partial charge in [-0.25, -0.2) is 14.4 Å². The Morgan fingerprint density at radius 3 is 1.97 bits per heavy atom. The van der Waals surface area contributed by atoms with E-state index in [9.17, 15) is 19.2 Å². The summed E-state index contributed by atoms with van der Waals surface area (Å²) in [6.45, 7) is 13.2. The third-order valence-corrected chi connectivity index (χ3v) is 2.58. The van der Waals surface area contributed by atoms with E-state index >= 15 is 0 Å². The van der Waals surface area contributed by atoms with Gasteiger partial charge in [0.2, 0.25) is 5.91 Å². The van der Waals surface area contributed by atoms with Crippen LogP contribution in [0.1, 0.15) is 67.7 Å². The second-order valence-corrected chi connectivity index (χ2v) is 6.64. The van der Waals surface area contributed by atoms with E-state index in [4.69, 9.17) is 10.5 Å². The number of alkyl carbamates (subject to hydrolysis) is 1. The number of hydrogen-bond donors (Lipinski definition) is 4. The number of urea groups is 1. The lowest BCUT2D eigenvalue weighted by atomic mass is 10.1. The molecule has 0 saturated heterocycles. The fourth-order valence-electron chi connectivity index (χ4n) is 1.62. The molecule has 0 unspecified atom stereocenters. The number of primary amides is 1. The summed E-state index contributed by atoms with van der Waals surface area (Å²) in [5, 5.41) is 7.10. The molecule has 0 aromatic rings. The van der Waals surface area contributed by atoms with Gasteiger partial charge in [-0.3, -0.25) is 4.79 Å². The van der Waals surface area contributed by atoms with Gasteiger partial charge < -0.3 is 31.2 Å². The van der Waals surface area contributed by atoms with Crippen LogP contribution >= 0.6 is 0 Å². The molecular formula is C19H40N4O6. The predicted molar refractivity (Wildman–Crippen MR) is 112 cm³/mol. The summed E-state index contributed by atoms with van der Waals surface area (Å²) in [7, 11) is 1.20. The summed E-state index contributed by atoms with van der Waals surface area (Å²) in [4.78, 5) is 45.5. The van der Waals surface area contributed by atoms with E-state index in [-0.39, 0.29) is 19.5 Å². The Morgan fingerprint density at radius 1 is 1.03 bits per heavy atom. The largest absolute Gasteiger partial charge is 0.467 e. The Balaban J connectivity index is -0.00000123. The monoisotopic (exact) mass is 420 g/mol. The Labute approximate surface area is 174 Å². The molecule has 172 valence electrons. The van der Waals surface area contributed by atoms with Crippen LogP contribution in [0.3, 0.4) is 0 Å². The first-order valence-electron chi connectivity index (χ1n) is 9.84. The average molecular weight is 421 g/mol. The number of hydrogen-bond acceptors (Lipinski definition) is 6. The minimum atomic E-state index is -0.891. The van der Waals surface area contributed by atoms with E-state index in [1.165, 1.54) is 13.5 Å². The molecule has 0 aromatic carbocycles. The molecule has 0 saturated carbocycles. The molecule has 0 rings (SSSR count). The number of rotatable bonds is 8. The van der Waals surface area contributed by atoms with Crippen LogP contribution in [0, 0.1) is 0 Å². The van der Waals surface area contributed by atoms with Crippen molar-refractivity contribution in [2.24, 2.45) is 5.73 Å². The molecule has 0 heterocycles. The van der Waals surface area contributed by atoms with Crippen molar-refractivity contribution < 1.29 is 28.7 Å². The molecule has 0 aliphatic rings. The molecule has 1 atom stereocenters. The molecule has 0 fully saturated rings. The van der Waals surface area contributed by atoms with E-state index in [0.29, 0.717) is 6.42 Å². The van der Waals surface area contributed by atoms with Crippen molar-refractivity contribution in [1.82, 2.24) is 16.0 Å². The summed E-state index contributed by atoms with van der Waals surface area (Å²) in [5.74, 6) is -1.20. The van der Waals surface area contributed by atoms with Crippen LogP contribution in [0.15, 0.2) is 0 Å². The lowest BCUT2D eigenvalue weighted by Gasteiger charge is -2.20. The molecule has 10 nitrogen and oxygen atoms in total. The fraction of sp³-hybridized carbons (Fsp3) is 0.789. The van der Waals surface area contributed by atoms with Crippen molar-refractivity contribution >= 4 is 24.0 Å². The van der Waals surface area contributed by atoms with Gasteiger partial charge in [-0.15, -0.1) is 0 Å². The molecule has 0 aliphatic carbocycles. The maximum Gasteiger partial charge on any atom is 0.408 e. The van der Waals surface area contributed by atoms with Crippen LogP contribution in [-0.2, 0) is 19.1 Å². The minimum absolute atomic E-state index is 0.241. The van der Waals surface area contributed by atoms with Gasteiger partial charge in [0.1, 0.15) is 18.2 Å². The maximum absolute atomic E-state index is 11.8. The first-order chi connectivity index (χ1) is 13.5. The Bertz CT molecular complexity index is 478. The zero-order chi connectivity index (χ0) is 23.5. The number of carbonyl (C=O) groups excluding carboxylic acids is 4. The Kier molecular flexibility index (Phi) is 20.2. The van der Waals surface area contributed by atoms with E-state index in [1.807, 2.05) is 13.8 Å². The number of ether oxygens (including phenoxy) is 2. The molecule has 29 heavy (non-hydrogen) atoms. The van der Waals surface area contributed by atoms with Gasteiger partial charge >= 0.3 is 18.1 Å². The van der Waals surface area contributed by atoms with Crippen molar-refractivity contribution in [3.63, 3.8) is 0 Å². The van der Waals surface area contributed by atoms with Gasteiger partial charge in [-0.05, 0) is 33.6 Å². The standard InChI is InChI=1S/C14H26N4O6.C3H8.C2H6/c1-14(2,3)24-13(22)17-8-10(19)18-9(11(20)23-4)6-5-7-16-12(15)21;1-3-2;1-2/h9H,5-8H2,1-4H3,(H,17,22)(H,18,19)(H3,15,16,21);3H2,1-2H3;1-2H3/t9-;;/m0../s1. The normalized spacial score (nSPS) is 10.6. The number of carbonyl (C=O) groups is 4. The number of nitrogens with two attached hydrogens (primary N) is 1. The van der Waals surface area contributed by atoms with Crippen molar-refractivity contribution in [1.29, 1.82) is 0 Å². The molecule has 10 heteroatoms. The summed E-state index contributed by atoms with van der Waals surface area (Å²) >= 11 is 0. The molecule has 0 aliphatic heterocycles. The van der Waals surface area contributed by atoms with Crippen LogP contribution in [0.2, 0.25) is 0 Å². The Hall–Kier alpha value is -2.52. The lowest BCUT2D eigenvalue weighted by molar-refractivity contribution is -0.145. The van der Waals surface area contributed by atoms with Gasteiger partial charge in [-0.1, -0.05) is 34.1 Å². The van der Waals surface area contributed by atoms with Crippen LogP contribution < -0.4 is 21.7 Å². The predicted octanol–water partition coefficient (Wildman–Crippen LogP) is 2.06. The van der Waals surface area contributed by atoms with Crippen molar-refractivity contribution in [2.45, 2.75) is 79.4 Å². The highest BCUT2D eigenvalue weighted by Gasteiger charge is 2.22. The topological polar surface area (TPSA) is 149 Å². The maximum atomic E-state index is 11.8. The fourth-order valence-corrected chi connectivity index (χ4v) is 1.62. The first kappa shape index (κ1) is 31.2. The summed E-state index contributed by atoms with van der Waals surface area (Å²) in [6.07, 6.45) is 1.16. The van der Waals surface area contributed by atoms with E-state index in [0.717, 1.165) is 0 Å². The smallest absolute Gasteiger partial charge is 0.408 e. The zero-order valence-electron chi connectivity index (χ0n) is 19.1. The molecule has 4 amide bonds. The van der Waals surface area contributed by atoms with Gasteiger partial charge in [0.25, 0.3) is 0 Å². The number of nitrogens with one attached hydrogen (secondary N) is 3. The quantitative estimate of drug-likeness (QED) is 0.349. The van der Waals surface area contributed by atoms with Crippen LogP contribution in [0.25, 0.3) is 0 Å². The molecule has 0 bridgehead atoms. The highest BCUT2D eigenvalue weighted by atomic mass is 16.6. The molecule has 0 spiro atoms.